The number of aryl methyl sites for hydroxylation is 1. The van der Waals surface area contributed by atoms with Gasteiger partial charge in [0.1, 0.15) is 5.52 Å². The Kier molecular flexibility index (Phi) is 6.71. The van der Waals surface area contributed by atoms with Crippen LogP contribution in [0.1, 0.15) is 58.8 Å². The first kappa shape index (κ1) is 19.7. The molecule has 0 bridgehead atoms. The minimum atomic E-state index is -0.198. The van der Waals surface area contributed by atoms with Gasteiger partial charge in [0.15, 0.2) is 11.5 Å². The summed E-state index contributed by atoms with van der Waals surface area (Å²) in [5, 5.41) is 0. The predicted molar refractivity (Wildman–Crippen MR) is 105 cm³/mol. The Hall–Kier alpha value is -2.09. The summed E-state index contributed by atoms with van der Waals surface area (Å²) in [5.74, 6) is 0.994. The highest BCUT2D eigenvalue weighted by molar-refractivity contribution is 5.81. The molecule has 0 amide bonds. The van der Waals surface area contributed by atoms with Crippen molar-refractivity contribution in [2.45, 2.75) is 71.4 Å². The topological polar surface area (TPSA) is 108 Å². The van der Waals surface area contributed by atoms with Gasteiger partial charge >= 0.3 is 11.7 Å². The highest BCUT2D eigenvalue weighted by atomic mass is 16.5. The van der Waals surface area contributed by atoms with Crippen molar-refractivity contribution in [1.82, 2.24) is 19.5 Å². The van der Waals surface area contributed by atoms with Gasteiger partial charge in [-0.15, -0.1) is 0 Å². The van der Waals surface area contributed by atoms with Crippen molar-refractivity contribution in [2.75, 3.05) is 18.9 Å². The molecule has 1 fully saturated rings. The number of imidazole rings is 1. The van der Waals surface area contributed by atoms with Crippen LogP contribution in [0.2, 0.25) is 0 Å². The lowest BCUT2D eigenvalue weighted by Crippen LogP contribution is -2.18. The molecule has 0 aliphatic carbocycles. The van der Waals surface area contributed by atoms with E-state index in [0.29, 0.717) is 17.7 Å². The molecule has 0 radical (unpaired) electrons. The van der Waals surface area contributed by atoms with E-state index in [9.17, 15) is 4.79 Å². The van der Waals surface area contributed by atoms with Crippen LogP contribution in [-0.2, 0) is 11.3 Å². The number of H-pyrrole nitrogens is 1. The van der Waals surface area contributed by atoms with E-state index < -0.39 is 0 Å². The molecule has 0 aromatic carbocycles. The smallest absolute Gasteiger partial charge is 0.327 e. The number of nitrogen functional groups attached to an aromatic ring is 1. The first-order chi connectivity index (χ1) is 13.1. The number of fused-ring (bicyclic) bond motifs is 1. The van der Waals surface area contributed by atoms with Crippen LogP contribution in [0.3, 0.4) is 0 Å². The largest absolute Gasteiger partial charge is 0.460 e. The minimum Gasteiger partial charge on any atom is -0.460 e. The summed E-state index contributed by atoms with van der Waals surface area (Å²) in [6, 6.07) is 0.232. The molecule has 8 nitrogen and oxygen atoms in total. The number of unbranched alkanes of at least 4 members (excludes halogenated alkanes) is 1. The number of aromatic amines is 1. The average Bonchev–Trinajstić information content (AvgIpc) is 2.96. The molecule has 0 saturated carbocycles. The molecule has 1 saturated heterocycles. The molecule has 1 aliphatic rings. The molecule has 2 aromatic heterocycles. The number of anilines is 1. The standard InChI is InChI=1S/C19H31N5O3/c1-3-6-13(2)27-18-22-16(20)15-17(23-18)24(19(25)21-15)10-5-4-7-14-8-11-26-12-9-14/h13-14H,3-12H2,1-2H3,(H,21,25)(H2,20,22,23)/t13-/m1/s1. The highest BCUT2D eigenvalue weighted by Gasteiger charge is 2.17. The van der Waals surface area contributed by atoms with E-state index >= 15 is 0 Å². The van der Waals surface area contributed by atoms with Crippen molar-refractivity contribution in [1.29, 1.82) is 0 Å². The molecule has 8 heteroatoms. The van der Waals surface area contributed by atoms with Gasteiger partial charge < -0.3 is 20.2 Å². The van der Waals surface area contributed by atoms with Gasteiger partial charge in [-0.1, -0.05) is 26.2 Å². The monoisotopic (exact) mass is 377 g/mol. The van der Waals surface area contributed by atoms with Crippen LogP contribution in [0, 0.1) is 5.92 Å². The number of aromatic nitrogens is 4. The summed E-state index contributed by atoms with van der Waals surface area (Å²) in [6.07, 6.45) is 7.42. The molecule has 1 atom stereocenters. The Bertz CT molecular complexity index is 794. The van der Waals surface area contributed by atoms with E-state index in [1.54, 1.807) is 4.57 Å². The van der Waals surface area contributed by atoms with E-state index in [1.807, 2.05) is 6.92 Å². The first-order valence-electron chi connectivity index (χ1n) is 10.1. The third kappa shape index (κ3) is 5.00. The molecule has 3 N–H and O–H groups in total. The van der Waals surface area contributed by atoms with E-state index in [-0.39, 0.29) is 23.6 Å². The molecule has 3 rings (SSSR count). The zero-order valence-corrected chi connectivity index (χ0v) is 16.4. The van der Waals surface area contributed by atoms with Crippen LogP contribution in [0.25, 0.3) is 11.2 Å². The number of hydrogen-bond acceptors (Lipinski definition) is 6. The maximum absolute atomic E-state index is 12.3. The Morgan fingerprint density at radius 2 is 2.11 bits per heavy atom. The van der Waals surface area contributed by atoms with Crippen molar-refractivity contribution >= 4 is 17.0 Å². The van der Waals surface area contributed by atoms with Crippen LogP contribution in [0.5, 0.6) is 6.01 Å². The van der Waals surface area contributed by atoms with Gasteiger partial charge in [-0.3, -0.25) is 4.57 Å². The van der Waals surface area contributed by atoms with Crippen molar-refractivity contribution in [3.8, 4) is 6.01 Å². The molecule has 0 unspecified atom stereocenters. The van der Waals surface area contributed by atoms with Gasteiger partial charge in [0.05, 0.1) is 6.10 Å². The second kappa shape index (κ2) is 9.21. The van der Waals surface area contributed by atoms with Gasteiger partial charge in [0.2, 0.25) is 0 Å². The van der Waals surface area contributed by atoms with Crippen LogP contribution in [0.15, 0.2) is 4.79 Å². The molecule has 150 valence electrons. The zero-order chi connectivity index (χ0) is 19.2. The van der Waals surface area contributed by atoms with Crippen molar-refractivity contribution < 1.29 is 9.47 Å². The fraction of sp³-hybridized carbons (Fsp3) is 0.737. The van der Waals surface area contributed by atoms with Gasteiger partial charge in [0, 0.05) is 19.8 Å². The summed E-state index contributed by atoms with van der Waals surface area (Å²) in [4.78, 5) is 23.8. The zero-order valence-electron chi connectivity index (χ0n) is 16.4. The summed E-state index contributed by atoms with van der Waals surface area (Å²) in [5.41, 5.74) is 6.83. The Morgan fingerprint density at radius 1 is 1.33 bits per heavy atom. The summed E-state index contributed by atoms with van der Waals surface area (Å²) >= 11 is 0. The molecule has 0 spiro atoms. The third-order valence-corrected chi connectivity index (χ3v) is 5.22. The van der Waals surface area contributed by atoms with Crippen molar-refractivity contribution in [3.05, 3.63) is 10.5 Å². The second-order valence-electron chi connectivity index (χ2n) is 7.44. The van der Waals surface area contributed by atoms with E-state index in [0.717, 1.165) is 57.7 Å². The number of hydrogen-bond donors (Lipinski definition) is 2. The number of ether oxygens (including phenoxy) is 2. The van der Waals surface area contributed by atoms with Crippen LogP contribution in [0.4, 0.5) is 5.82 Å². The molecule has 1 aliphatic heterocycles. The van der Waals surface area contributed by atoms with Gasteiger partial charge in [-0.25, -0.2) is 4.79 Å². The molecular weight excluding hydrogens is 346 g/mol. The lowest BCUT2D eigenvalue weighted by atomic mass is 9.94. The average molecular weight is 377 g/mol. The SMILES string of the molecule is CCC[C@@H](C)Oc1nc(N)c2[nH]c(=O)n(CCCCC3CCOCC3)c2n1. The predicted octanol–water partition coefficient (Wildman–Crippen LogP) is 2.87. The van der Waals surface area contributed by atoms with Crippen LogP contribution in [-0.4, -0.2) is 38.8 Å². The second-order valence-corrected chi connectivity index (χ2v) is 7.44. The molecule has 3 heterocycles. The van der Waals surface area contributed by atoms with Gasteiger partial charge in [-0.05, 0) is 38.5 Å². The maximum Gasteiger partial charge on any atom is 0.327 e. The molecular formula is C19H31N5O3. The fourth-order valence-electron chi connectivity index (χ4n) is 3.67. The van der Waals surface area contributed by atoms with Crippen LogP contribution < -0.4 is 16.2 Å². The van der Waals surface area contributed by atoms with Crippen molar-refractivity contribution in [2.24, 2.45) is 5.92 Å². The third-order valence-electron chi connectivity index (χ3n) is 5.22. The number of rotatable bonds is 9. The maximum atomic E-state index is 12.3. The Balaban J connectivity index is 1.67. The van der Waals surface area contributed by atoms with E-state index in [1.165, 1.54) is 6.42 Å². The van der Waals surface area contributed by atoms with Crippen molar-refractivity contribution in [3.63, 3.8) is 0 Å². The van der Waals surface area contributed by atoms with E-state index in [4.69, 9.17) is 15.2 Å². The quantitative estimate of drug-likeness (QED) is 0.651. The lowest BCUT2D eigenvalue weighted by Gasteiger charge is -2.21. The number of nitrogens with zero attached hydrogens (tertiary/aromatic N) is 3. The first-order valence-corrected chi connectivity index (χ1v) is 10.1. The number of nitrogens with one attached hydrogen (secondary N) is 1. The number of nitrogens with two attached hydrogens (primary N) is 1. The Labute approximate surface area is 159 Å². The van der Waals surface area contributed by atoms with E-state index in [2.05, 4.69) is 21.9 Å². The lowest BCUT2D eigenvalue weighted by molar-refractivity contribution is 0.0631. The Morgan fingerprint density at radius 3 is 2.85 bits per heavy atom. The summed E-state index contributed by atoms with van der Waals surface area (Å²) in [6.45, 7) is 6.45. The fourth-order valence-corrected chi connectivity index (χ4v) is 3.67. The molecule has 2 aromatic rings. The minimum absolute atomic E-state index is 0.00503. The summed E-state index contributed by atoms with van der Waals surface area (Å²) in [7, 11) is 0. The van der Waals surface area contributed by atoms with Gasteiger partial charge in [0.25, 0.3) is 0 Å². The summed E-state index contributed by atoms with van der Waals surface area (Å²) < 4.78 is 12.8. The van der Waals surface area contributed by atoms with Crippen LogP contribution >= 0.6 is 0 Å². The van der Waals surface area contributed by atoms with Gasteiger partial charge in [-0.2, -0.15) is 9.97 Å². The highest BCUT2D eigenvalue weighted by Crippen LogP contribution is 2.22. The normalized spacial score (nSPS) is 16.7. The molecule has 27 heavy (non-hydrogen) atoms.